The number of hydrazine groups is 2. The predicted octanol–water partition coefficient (Wildman–Crippen LogP) is 1.15. The highest BCUT2D eigenvalue weighted by Crippen LogP contribution is 2.28. The van der Waals surface area contributed by atoms with Gasteiger partial charge in [0, 0.05) is 12.4 Å². The predicted molar refractivity (Wildman–Crippen MR) is 109 cm³/mol. The zero-order chi connectivity index (χ0) is 22.4. The molecule has 3 rings (SSSR count). The Morgan fingerprint density at radius 1 is 1.06 bits per heavy atom. The molecule has 4 N–H and O–H groups in total. The lowest BCUT2D eigenvalue weighted by molar-refractivity contribution is -0.383. The molecule has 160 valence electrons. The quantitative estimate of drug-likeness (QED) is 0.290. The van der Waals surface area contributed by atoms with E-state index in [1.807, 2.05) is 4.83 Å². The molecule has 1 amide bonds. The van der Waals surface area contributed by atoms with Crippen LogP contribution in [0, 0.1) is 17.0 Å². The van der Waals surface area contributed by atoms with Crippen LogP contribution in [0.15, 0.2) is 60.0 Å². The van der Waals surface area contributed by atoms with Crippen LogP contribution >= 0.6 is 0 Å². The van der Waals surface area contributed by atoms with Crippen LogP contribution in [0.1, 0.15) is 15.9 Å². The molecule has 0 saturated heterocycles. The number of rotatable bonds is 8. The molecule has 0 spiro atoms. The molecule has 13 nitrogen and oxygen atoms in total. The number of aryl methyl sites for hydroxylation is 1. The van der Waals surface area contributed by atoms with Crippen LogP contribution in [0.2, 0.25) is 0 Å². The number of aromatic nitrogens is 3. The zero-order valence-corrected chi connectivity index (χ0v) is 16.8. The largest absolute Gasteiger partial charge is 0.356 e. The summed E-state index contributed by atoms with van der Waals surface area (Å²) in [6, 6.07) is 9.02. The van der Waals surface area contributed by atoms with E-state index >= 15 is 0 Å². The monoisotopic (exact) mass is 444 g/mol. The third kappa shape index (κ3) is 5.26. The van der Waals surface area contributed by atoms with E-state index in [4.69, 9.17) is 0 Å². The first kappa shape index (κ1) is 21.5. The molecule has 0 unspecified atom stereocenters. The Hall–Kier alpha value is -4.17. The molecular formula is C17H16N8O5S. The van der Waals surface area contributed by atoms with Gasteiger partial charge < -0.3 is 0 Å². The smallest absolute Gasteiger partial charge is 0.286 e. The van der Waals surface area contributed by atoms with Crippen LogP contribution in [-0.2, 0) is 10.0 Å². The maximum Gasteiger partial charge on any atom is 0.356 e. The molecule has 0 radical (unpaired) electrons. The van der Waals surface area contributed by atoms with E-state index in [1.54, 1.807) is 25.1 Å². The van der Waals surface area contributed by atoms with Crippen molar-refractivity contribution in [2.45, 2.75) is 11.8 Å². The molecule has 0 atom stereocenters. The summed E-state index contributed by atoms with van der Waals surface area (Å²) in [6.45, 7) is 1.80. The molecule has 1 aromatic carbocycles. The number of benzene rings is 1. The molecule has 0 aliphatic rings. The van der Waals surface area contributed by atoms with Crippen LogP contribution in [0.3, 0.4) is 0 Å². The highest BCUT2D eigenvalue weighted by molar-refractivity contribution is 7.89. The number of pyridine rings is 1. The fourth-order valence-electron chi connectivity index (χ4n) is 2.31. The minimum atomic E-state index is -4.03. The van der Waals surface area contributed by atoms with Gasteiger partial charge in [-0.25, -0.2) is 18.4 Å². The molecule has 0 fully saturated rings. The summed E-state index contributed by atoms with van der Waals surface area (Å²) in [5.41, 5.74) is 7.17. The van der Waals surface area contributed by atoms with Gasteiger partial charge in [0.25, 0.3) is 15.9 Å². The van der Waals surface area contributed by atoms with E-state index < -0.39 is 32.4 Å². The molecule has 2 heterocycles. The van der Waals surface area contributed by atoms with Crippen LogP contribution in [0.5, 0.6) is 0 Å². The average molecular weight is 444 g/mol. The standard InChI is InChI=1S/C17H16N8O5S/c1-11-4-6-13(7-5-11)31(29,30)24-22-16-14(25(27)28)15(19-10-20-16)21-23-17(26)12-3-2-8-18-9-12/h2-10,24H,1H3,(H,23,26)(H2,19,20,21,22). The second-order valence-electron chi connectivity index (χ2n) is 6.04. The minimum absolute atomic E-state index is 0.0515. The van der Waals surface area contributed by atoms with Crippen molar-refractivity contribution in [1.82, 2.24) is 25.2 Å². The molecule has 31 heavy (non-hydrogen) atoms. The SMILES string of the molecule is Cc1ccc(S(=O)(=O)NNc2ncnc(NNC(=O)c3cccnc3)c2[N+](=O)[O-])cc1. The first-order valence-electron chi connectivity index (χ1n) is 8.58. The van der Waals surface area contributed by atoms with Crippen molar-refractivity contribution in [3.63, 3.8) is 0 Å². The van der Waals surface area contributed by atoms with Crippen molar-refractivity contribution in [2.24, 2.45) is 0 Å². The van der Waals surface area contributed by atoms with Crippen molar-refractivity contribution >= 4 is 33.3 Å². The second kappa shape index (κ2) is 9.10. The van der Waals surface area contributed by atoms with Gasteiger partial charge in [0.2, 0.25) is 11.6 Å². The molecule has 2 aromatic heterocycles. The Morgan fingerprint density at radius 2 is 1.74 bits per heavy atom. The van der Waals surface area contributed by atoms with Gasteiger partial charge in [-0.15, -0.1) is 4.83 Å². The van der Waals surface area contributed by atoms with Gasteiger partial charge in [-0.05, 0) is 31.2 Å². The van der Waals surface area contributed by atoms with Gasteiger partial charge in [0.05, 0.1) is 15.4 Å². The van der Waals surface area contributed by atoms with E-state index in [0.29, 0.717) is 0 Å². The number of nitrogens with one attached hydrogen (secondary N) is 4. The van der Waals surface area contributed by atoms with Gasteiger partial charge in [0.1, 0.15) is 6.33 Å². The summed E-state index contributed by atoms with van der Waals surface area (Å²) in [7, 11) is -4.03. The number of amides is 1. The third-order valence-electron chi connectivity index (χ3n) is 3.86. The van der Waals surface area contributed by atoms with Crippen molar-refractivity contribution in [3.8, 4) is 0 Å². The summed E-state index contributed by atoms with van der Waals surface area (Å²) in [5.74, 6) is -1.42. The normalized spacial score (nSPS) is 10.9. The first-order valence-corrected chi connectivity index (χ1v) is 10.1. The number of anilines is 2. The lowest BCUT2D eigenvalue weighted by Crippen LogP contribution is -2.32. The molecule has 14 heteroatoms. The molecule has 0 aliphatic carbocycles. The fraction of sp³-hybridized carbons (Fsp3) is 0.0588. The summed E-state index contributed by atoms with van der Waals surface area (Å²) >= 11 is 0. The third-order valence-corrected chi connectivity index (χ3v) is 5.12. The number of nitro groups is 1. The zero-order valence-electron chi connectivity index (χ0n) is 15.9. The number of sulfonamides is 1. The highest BCUT2D eigenvalue weighted by Gasteiger charge is 2.25. The van der Waals surface area contributed by atoms with Crippen LogP contribution < -0.4 is 21.1 Å². The summed E-state index contributed by atoms with van der Waals surface area (Å²) < 4.78 is 24.8. The van der Waals surface area contributed by atoms with Crippen LogP contribution in [0.25, 0.3) is 0 Å². The lowest BCUT2D eigenvalue weighted by Gasteiger charge is -2.12. The number of nitrogens with zero attached hydrogens (tertiary/aromatic N) is 4. The van der Waals surface area contributed by atoms with Gasteiger partial charge in [-0.3, -0.25) is 36.2 Å². The molecule has 3 aromatic rings. The maximum absolute atomic E-state index is 12.4. The minimum Gasteiger partial charge on any atom is -0.286 e. The Morgan fingerprint density at radius 3 is 2.35 bits per heavy atom. The summed E-state index contributed by atoms with van der Waals surface area (Å²) in [4.78, 5) is 36.0. The maximum atomic E-state index is 12.4. The number of carbonyl (C=O) groups is 1. The second-order valence-corrected chi connectivity index (χ2v) is 7.72. The molecular weight excluding hydrogens is 428 g/mol. The molecule has 0 aliphatic heterocycles. The van der Waals surface area contributed by atoms with Gasteiger partial charge in [-0.2, -0.15) is 0 Å². The summed E-state index contributed by atoms with van der Waals surface area (Å²) in [5, 5.41) is 11.5. The number of hydrogen-bond acceptors (Lipinski definition) is 10. The Labute approximate surface area is 176 Å². The Kier molecular flexibility index (Phi) is 6.32. The van der Waals surface area contributed by atoms with Gasteiger partial charge >= 0.3 is 5.69 Å². The van der Waals surface area contributed by atoms with E-state index in [0.717, 1.165) is 11.9 Å². The van der Waals surface area contributed by atoms with Gasteiger partial charge in [0.15, 0.2) is 0 Å². The Balaban J connectivity index is 1.77. The average Bonchev–Trinajstić information content (AvgIpc) is 2.76. The lowest BCUT2D eigenvalue weighted by atomic mass is 10.2. The number of hydrogen-bond donors (Lipinski definition) is 4. The summed E-state index contributed by atoms with van der Waals surface area (Å²) in [6.07, 6.45) is 3.74. The van der Waals surface area contributed by atoms with Crippen molar-refractivity contribution in [3.05, 3.63) is 76.4 Å². The Bertz CT molecular complexity index is 1200. The molecule has 0 bridgehead atoms. The topological polar surface area (TPSA) is 181 Å². The van der Waals surface area contributed by atoms with E-state index in [9.17, 15) is 23.3 Å². The van der Waals surface area contributed by atoms with Crippen molar-refractivity contribution < 1.29 is 18.1 Å². The first-order chi connectivity index (χ1) is 14.8. The van der Waals surface area contributed by atoms with Crippen LogP contribution in [0.4, 0.5) is 17.3 Å². The van der Waals surface area contributed by atoms with Crippen LogP contribution in [-0.4, -0.2) is 34.2 Å². The molecule has 0 saturated carbocycles. The highest BCUT2D eigenvalue weighted by atomic mass is 32.2. The van der Waals surface area contributed by atoms with Gasteiger partial charge in [-0.1, -0.05) is 17.7 Å². The van der Waals surface area contributed by atoms with E-state index in [1.165, 1.54) is 30.6 Å². The van der Waals surface area contributed by atoms with Crippen molar-refractivity contribution in [2.75, 3.05) is 10.9 Å². The van der Waals surface area contributed by atoms with E-state index in [-0.39, 0.29) is 16.3 Å². The fourth-order valence-corrected chi connectivity index (χ4v) is 3.16. The number of carbonyl (C=O) groups excluding carboxylic acids is 1. The van der Waals surface area contributed by atoms with Crippen molar-refractivity contribution in [1.29, 1.82) is 0 Å². The van der Waals surface area contributed by atoms with E-state index in [2.05, 4.69) is 31.2 Å².